The number of nitrogens with one attached hydrogen (secondary N) is 1. The Balaban J connectivity index is 2.13. The van der Waals surface area contributed by atoms with Crippen molar-refractivity contribution in [2.45, 2.75) is 25.9 Å². The molecule has 2 nitrogen and oxygen atoms in total. The van der Waals surface area contributed by atoms with Crippen LogP contribution in [0, 0.1) is 11.6 Å². The van der Waals surface area contributed by atoms with E-state index in [9.17, 15) is 8.78 Å². The first-order valence-corrected chi connectivity index (χ1v) is 6.19. The van der Waals surface area contributed by atoms with E-state index < -0.39 is 11.6 Å². The molecule has 0 bridgehead atoms. The first-order valence-electron chi connectivity index (χ1n) is 6.19. The van der Waals surface area contributed by atoms with Crippen molar-refractivity contribution in [1.82, 2.24) is 10.3 Å². The van der Waals surface area contributed by atoms with Gasteiger partial charge in [0, 0.05) is 30.0 Å². The van der Waals surface area contributed by atoms with Crippen LogP contribution >= 0.6 is 0 Å². The largest absolute Gasteiger partial charge is 0.304 e. The van der Waals surface area contributed by atoms with E-state index in [1.807, 2.05) is 26.0 Å². The third kappa shape index (κ3) is 3.35. The molecule has 1 aromatic heterocycles. The molecule has 1 aromatic carbocycles. The van der Waals surface area contributed by atoms with Crippen LogP contribution < -0.4 is 5.32 Å². The molecule has 0 saturated heterocycles. The van der Waals surface area contributed by atoms with Gasteiger partial charge in [-0.2, -0.15) is 0 Å². The molecule has 0 aliphatic heterocycles. The molecule has 4 heteroatoms. The lowest BCUT2D eigenvalue weighted by atomic mass is 10.0. The fourth-order valence-electron chi connectivity index (χ4n) is 2.06. The summed E-state index contributed by atoms with van der Waals surface area (Å²) in [6.07, 6.45) is 3.42. The second-order valence-corrected chi connectivity index (χ2v) is 4.56. The molecule has 19 heavy (non-hydrogen) atoms. The smallest absolute Gasteiger partial charge is 0.128 e. The van der Waals surface area contributed by atoms with Gasteiger partial charge in [0.05, 0.1) is 0 Å². The van der Waals surface area contributed by atoms with Crippen LogP contribution in [0.5, 0.6) is 0 Å². The zero-order valence-electron chi connectivity index (χ0n) is 10.9. The van der Waals surface area contributed by atoms with Gasteiger partial charge in [-0.05, 0) is 49.7 Å². The molecule has 1 heterocycles. The van der Waals surface area contributed by atoms with Crippen LogP contribution in [-0.4, -0.2) is 4.98 Å². The molecule has 2 atom stereocenters. The Morgan fingerprint density at radius 2 is 1.68 bits per heavy atom. The highest BCUT2D eigenvalue weighted by molar-refractivity contribution is 5.23. The monoisotopic (exact) mass is 262 g/mol. The SMILES string of the molecule is CC(N[C@H](C)c1ccncc1)c1cc(F)ccc1F. The van der Waals surface area contributed by atoms with Gasteiger partial charge in [-0.3, -0.25) is 4.98 Å². The Morgan fingerprint density at radius 3 is 2.37 bits per heavy atom. The third-order valence-electron chi connectivity index (χ3n) is 3.13. The Labute approximate surface area is 111 Å². The molecular weight excluding hydrogens is 246 g/mol. The molecule has 0 amide bonds. The first kappa shape index (κ1) is 13.6. The summed E-state index contributed by atoms with van der Waals surface area (Å²) in [4.78, 5) is 3.95. The van der Waals surface area contributed by atoms with Gasteiger partial charge in [-0.25, -0.2) is 8.78 Å². The first-order chi connectivity index (χ1) is 9.08. The third-order valence-corrected chi connectivity index (χ3v) is 3.13. The minimum absolute atomic E-state index is 0.0284. The van der Waals surface area contributed by atoms with E-state index in [2.05, 4.69) is 10.3 Å². The van der Waals surface area contributed by atoms with E-state index in [0.717, 1.165) is 17.7 Å². The summed E-state index contributed by atoms with van der Waals surface area (Å²) in [5, 5.41) is 3.25. The summed E-state index contributed by atoms with van der Waals surface area (Å²) in [7, 11) is 0. The maximum atomic E-state index is 13.7. The van der Waals surface area contributed by atoms with Gasteiger partial charge in [0.1, 0.15) is 11.6 Å². The van der Waals surface area contributed by atoms with Gasteiger partial charge in [-0.15, -0.1) is 0 Å². The average molecular weight is 262 g/mol. The summed E-state index contributed by atoms with van der Waals surface area (Å²) < 4.78 is 26.8. The van der Waals surface area contributed by atoms with Crippen LogP contribution in [-0.2, 0) is 0 Å². The standard InChI is InChI=1S/C15H16F2N2/c1-10(12-5-7-18-8-6-12)19-11(2)14-9-13(16)3-4-15(14)17/h3-11,19H,1-2H3/t10-,11?/m1/s1. The molecule has 0 aliphatic rings. The van der Waals surface area contributed by atoms with Crippen LogP contribution in [0.3, 0.4) is 0 Å². The van der Waals surface area contributed by atoms with Crippen LogP contribution in [0.2, 0.25) is 0 Å². The molecule has 100 valence electrons. The van der Waals surface area contributed by atoms with Crippen molar-refractivity contribution in [1.29, 1.82) is 0 Å². The number of benzene rings is 1. The van der Waals surface area contributed by atoms with Crippen molar-refractivity contribution < 1.29 is 8.78 Å². The number of halogens is 2. The van der Waals surface area contributed by atoms with Crippen LogP contribution in [0.1, 0.15) is 37.1 Å². The zero-order chi connectivity index (χ0) is 13.8. The minimum Gasteiger partial charge on any atom is -0.304 e. The second kappa shape index (κ2) is 5.89. The van der Waals surface area contributed by atoms with E-state index in [1.54, 1.807) is 12.4 Å². The molecule has 1 N–H and O–H groups in total. The van der Waals surface area contributed by atoms with Crippen LogP contribution in [0.4, 0.5) is 8.78 Å². The summed E-state index contributed by atoms with van der Waals surface area (Å²) >= 11 is 0. The predicted molar refractivity (Wildman–Crippen MR) is 70.6 cm³/mol. The zero-order valence-corrected chi connectivity index (χ0v) is 10.9. The lowest BCUT2D eigenvalue weighted by molar-refractivity contribution is 0.469. The lowest BCUT2D eigenvalue weighted by Gasteiger charge is -2.21. The number of rotatable bonds is 4. The molecule has 0 aliphatic carbocycles. The van der Waals surface area contributed by atoms with Gasteiger partial charge in [0.25, 0.3) is 0 Å². The molecular formula is C15H16F2N2. The highest BCUT2D eigenvalue weighted by Gasteiger charge is 2.15. The Hall–Kier alpha value is -1.81. The van der Waals surface area contributed by atoms with Gasteiger partial charge >= 0.3 is 0 Å². The maximum absolute atomic E-state index is 13.7. The predicted octanol–water partition coefficient (Wildman–Crippen LogP) is 3.77. The molecule has 0 saturated carbocycles. The fourth-order valence-corrected chi connectivity index (χ4v) is 2.06. The molecule has 0 spiro atoms. The van der Waals surface area contributed by atoms with Crippen molar-refractivity contribution in [3.63, 3.8) is 0 Å². The summed E-state index contributed by atoms with van der Waals surface area (Å²) in [5.74, 6) is -0.829. The van der Waals surface area contributed by atoms with Gasteiger partial charge in [0.2, 0.25) is 0 Å². The van der Waals surface area contributed by atoms with Crippen molar-refractivity contribution in [3.05, 3.63) is 65.5 Å². The Bertz CT molecular complexity index is 543. The van der Waals surface area contributed by atoms with Gasteiger partial charge in [0.15, 0.2) is 0 Å². The summed E-state index contributed by atoms with van der Waals surface area (Å²) in [5.41, 5.74) is 1.39. The minimum atomic E-state index is -0.429. The van der Waals surface area contributed by atoms with Gasteiger partial charge in [-0.1, -0.05) is 0 Å². The van der Waals surface area contributed by atoms with Crippen LogP contribution in [0.15, 0.2) is 42.7 Å². The normalized spacial score (nSPS) is 14.1. The van der Waals surface area contributed by atoms with Crippen molar-refractivity contribution in [2.24, 2.45) is 0 Å². The van der Waals surface area contributed by atoms with Crippen molar-refractivity contribution in [2.75, 3.05) is 0 Å². The molecule has 2 aromatic rings. The van der Waals surface area contributed by atoms with Gasteiger partial charge < -0.3 is 5.32 Å². The molecule has 2 rings (SSSR count). The number of hydrogen-bond donors (Lipinski definition) is 1. The number of pyridine rings is 1. The maximum Gasteiger partial charge on any atom is 0.128 e. The molecule has 0 fully saturated rings. The Morgan fingerprint density at radius 1 is 1.00 bits per heavy atom. The number of hydrogen-bond acceptors (Lipinski definition) is 2. The van der Waals surface area contributed by atoms with E-state index in [1.165, 1.54) is 6.07 Å². The average Bonchev–Trinajstić information content (AvgIpc) is 2.42. The number of aromatic nitrogens is 1. The van der Waals surface area contributed by atoms with E-state index in [0.29, 0.717) is 5.56 Å². The van der Waals surface area contributed by atoms with Crippen LogP contribution in [0.25, 0.3) is 0 Å². The second-order valence-electron chi connectivity index (χ2n) is 4.56. The Kier molecular flexibility index (Phi) is 4.22. The lowest BCUT2D eigenvalue weighted by Crippen LogP contribution is -2.23. The van der Waals surface area contributed by atoms with E-state index in [-0.39, 0.29) is 12.1 Å². The molecule has 0 radical (unpaired) electrons. The van der Waals surface area contributed by atoms with E-state index >= 15 is 0 Å². The van der Waals surface area contributed by atoms with Crippen molar-refractivity contribution >= 4 is 0 Å². The fraction of sp³-hybridized carbons (Fsp3) is 0.267. The molecule has 1 unspecified atom stereocenters. The number of nitrogens with zero attached hydrogens (tertiary/aromatic N) is 1. The van der Waals surface area contributed by atoms with Crippen molar-refractivity contribution in [3.8, 4) is 0 Å². The highest BCUT2D eigenvalue weighted by Crippen LogP contribution is 2.21. The summed E-state index contributed by atoms with van der Waals surface area (Å²) in [6, 6.07) is 7.04. The highest BCUT2D eigenvalue weighted by atomic mass is 19.1. The quantitative estimate of drug-likeness (QED) is 0.907. The topological polar surface area (TPSA) is 24.9 Å². The van der Waals surface area contributed by atoms with E-state index in [4.69, 9.17) is 0 Å². The summed E-state index contributed by atoms with van der Waals surface area (Å²) in [6.45, 7) is 3.79.